The van der Waals surface area contributed by atoms with Gasteiger partial charge in [0.1, 0.15) is 0 Å². The Morgan fingerprint density at radius 1 is 0.929 bits per heavy atom. The van der Waals surface area contributed by atoms with E-state index in [1.54, 1.807) is 0 Å². The Morgan fingerprint density at radius 3 is 2.21 bits per heavy atom. The molecule has 0 radical (unpaired) electrons. The van der Waals surface area contributed by atoms with E-state index in [-0.39, 0.29) is 12.5 Å². The van der Waals surface area contributed by atoms with Crippen molar-refractivity contribution >= 4 is 28.3 Å². The second kappa shape index (κ2) is 7.83. The number of halogens is 1. The van der Waals surface area contributed by atoms with E-state index in [0.29, 0.717) is 5.02 Å². The summed E-state index contributed by atoms with van der Waals surface area (Å²) in [4.78, 5) is 12.1. The average molecular weight is 389 g/mol. The van der Waals surface area contributed by atoms with Crippen LogP contribution in [-0.4, -0.2) is 13.1 Å². The Morgan fingerprint density at radius 2 is 1.57 bits per heavy atom. The summed E-state index contributed by atoms with van der Waals surface area (Å²) in [6.45, 7) is 0.124. The van der Waals surface area contributed by atoms with Crippen molar-refractivity contribution in [1.82, 2.24) is 0 Å². The van der Waals surface area contributed by atoms with Gasteiger partial charge in [-0.3, -0.25) is 0 Å². The third-order valence-electron chi connectivity index (χ3n) is 4.74. The first-order valence-electron chi connectivity index (χ1n) is 9.01. The molecule has 0 saturated carbocycles. The zero-order valence-electron chi connectivity index (χ0n) is 15.4. The van der Waals surface area contributed by atoms with Crippen LogP contribution in [0.15, 0.2) is 85.1 Å². The summed E-state index contributed by atoms with van der Waals surface area (Å²) in [6.07, 6.45) is 1.98. The summed E-state index contributed by atoms with van der Waals surface area (Å²) in [6, 6.07) is 26.1. The van der Waals surface area contributed by atoms with Gasteiger partial charge in [-0.25, -0.2) is 4.79 Å². The molecule has 0 aliphatic heterocycles. The summed E-state index contributed by atoms with van der Waals surface area (Å²) >= 11 is 6.34. The van der Waals surface area contributed by atoms with E-state index in [1.807, 2.05) is 77.5 Å². The van der Waals surface area contributed by atoms with Crippen LogP contribution in [-0.2, 0) is 16.1 Å². The van der Waals surface area contributed by atoms with E-state index in [4.69, 9.17) is 16.3 Å². The molecule has 0 fully saturated rings. The maximum Gasteiger partial charge on any atom is 0.372 e. The summed E-state index contributed by atoms with van der Waals surface area (Å²) in [7, 11) is 1.41. The number of fused-ring (bicyclic) bond motifs is 1. The van der Waals surface area contributed by atoms with E-state index in [0.717, 1.165) is 33.2 Å². The van der Waals surface area contributed by atoms with E-state index in [1.165, 1.54) is 7.11 Å². The molecule has 0 spiro atoms. The summed E-state index contributed by atoms with van der Waals surface area (Å²) in [5, 5.41) is 2.72. The lowest BCUT2D eigenvalue weighted by molar-refractivity contribution is -0.673. The number of hydrogen-bond acceptors (Lipinski definition) is 2. The molecule has 0 unspecified atom stereocenters. The predicted molar refractivity (Wildman–Crippen MR) is 112 cm³/mol. The molecular weight excluding hydrogens is 370 g/mol. The minimum atomic E-state index is -0.297. The Kier molecular flexibility index (Phi) is 5.09. The largest absolute Gasteiger partial charge is 0.464 e. The Labute approximate surface area is 168 Å². The molecule has 3 aromatic carbocycles. The molecule has 0 aliphatic carbocycles. The fourth-order valence-electron chi connectivity index (χ4n) is 3.49. The molecule has 4 aromatic rings. The molecule has 0 amide bonds. The number of hydrogen-bond donors (Lipinski definition) is 0. The number of benzene rings is 3. The quantitative estimate of drug-likeness (QED) is 0.351. The van der Waals surface area contributed by atoms with Crippen LogP contribution in [0.5, 0.6) is 0 Å². The van der Waals surface area contributed by atoms with Crippen LogP contribution in [0, 0.1) is 0 Å². The Hall–Kier alpha value is -3.17. The SMILES string of the molecule is COC(=O)C[n+]1cc2ccc(Cl)cc2c(-c2ccccc2)c1-c1ccccc1. The molecule has 3 nitrogen and oxygen atoms in total. The normalized spacial score (nSPS) is 10.8. The van der Waals surface area contributed by atoms with Gasteiger partial charge in [0.25, 0.3) is 0 Å². The number of ether oxygens (including phenoxy) is 1. The number of esters is 1. The average Bonchev–Trinajstić information content (AvgIpc) is 2.74. The van der Waals surface area contributed by atoms with Gasteiger partial charge in [-0.05, 0) is 35.9 Å². The lowest BCUT2D eigenvalue weighted by Crippen LogP contribution is -2.41. The van der Waals surface area contributed by atoms with Crippen LogP contribution in [0.25, 0.3) is 33.2 Å². The fraction of sp³-hybridized carbons (Fsp3) is 0.0833. The first-order chi connectivity index (χ1) is 13.7. The molecule has 0 N–H and O–H groups in total. The molecule has 138 valence electrons. The number of rotatable bonds is 4. The predicted octanol–water partition coefficient (Wildman–Crippen LogP) is 5.29. The fourth-order valence-corrected chi connectivity index (χ4v) is 3.66. The van der Waals surface area contributed by atoms with Gasteiger partial charge >= 0.3 is 5.97 Å². The standard InChI is InChI=1S/C24H19ClNO2/c1-28-22(27)16-26-15-19-12-13-20(25)14-21(19)23(17-8-4-2-5-9-17)24(26)18-10-6-3-7-11-18/h2-15H,16H2,1H3/q+1. The van der Waals surface area contributed by atoms with Crippen molar-refractivity contribution in [3.8, 4) is 22.4 Å². The number of pyridine rings is 1. The summed E-state index contributed by atoms with van der Waals surface area (Å²) < 4.78 is 6.90. The Balaban J connectivity index is 2.14. The van der Waals surface area contributed by atoms with Crippen molar-refractivity contribution in [2.75, 3.05) is 7.11 Å². The second-order valence-corrected chi connectivity index (χ2v) is 6.96. The molecule has 28 heavy (non-hydrogen) atoms. The minimum Gasteiger partial charge on any atom is -0.464 e. The van der Waals surface area contributed by atoms with Crippen LogP contribution in [0.3, 0.4) is 0 Å². The van der Waals surface area contributed by atoms with Crippen molar-refractivity contribution in [3.63, 3.8) is 0 Å². The van der Waals surface area contributed by atoms with Gasteiger partial charge in [-0.1, -0.05) is 60.1 Å². The third-order valence-corrected chi connectivity index (χ3v) is 4.98. The number of nitrogens with zero attached hydrogens (tertiary/aromatic N) is 1. The Bertz CT molecular complexity index is 1140. The van der Waals surface area contributed by atoms with Gasteiger partial charge in [0, 0.05) is 21.4 Å². The van der Waals surface area contributed by atoms with Crippen molar-refractivity contribution in [3.05, 3.63) is 90.1 Å². The van der Waals surface area contributed by atoms with Crippen molar-refractivity contribution in [2.24, 2.45) is 0 Å². The van der Waals surface area contributed by atoms with E-state index in [9.17, 15) is 4.79 Å². The highest BCUT2D eigenvalue weighted by Gasteiger charge is 2.25. The highest BCUT2D eigenvalue weighted by molar-refractivity contribution is 6.31. The molecular formula is C24H19ClNO2+. The smallest absolute Gasteiger partial charge is 0.372 e. The molecule has 4 rings (SSSR count). The van der Waals surface area contributed by atoms with Gasteiger partial charge in [0.15, 0.2) is 6.20 Å². The van der Waals surface area contributed by atoms with Gasteiger partial charge in [0.05, 0.1) is 12.7 Å². The molecule has 4 heteroatoms. The van der Waals surface area contributed by atoms with E-state index in [2.05, 4.69) is 12.1 Å². The number of carbonyl (C=O) groups is 1. The minimum absolute atomic E-state index is 0.124. The van der Waals surface area contributed by atoms with Crippen LogP contribution in [0.2, 0.25) is 5.02 Å². The first kappa shape index (κ1) is 18.2. The van der Waals surface area contributed by atoms with E-state index >= 15 is 0 Å². The maximum atomic E-state index is 12.1. The van der Waals surface area contributed by atoms with Crippen LogP contribution in [0.4, 0.5) is 0 Å². The van der Waals surface area contributed by atoms with Gasteiger partial charge in [0.2, 0.25) is 12.2 Å². The van der Waals surface area contributed by atoms with Crippen molar-refractivity contribution in [1.29, 1.82) is 0 Å². The molecule has 0 saturated heterocycles. The number of aromatic nitrogens is 1. The molecule has 1 heterocycles. The highest BCUT2D eigenvalue weighted by atomic mass is 35.5. The number of carbonyl (C=O) groups excluding carboxylic acids is 1. The molecule has 0 atom stereocenters. The summed E-state index contributed by atoms with van der Waals surface area (Å²) in [5.74, 6) is -0.297. The monoisotopic (exact) mass is 388 g/mol. The zero-order chi connectivity index (χ0) is 19.5. The van der Waals surface area contributed by atoms with Crippen LogP contribution >= 0.6 is 11.6 Å². The van der Waals surface area contributed by atoms with Crippen molar-refractivity contribution < 1.29 is 14.1 Å². The van der Waals surface area contributed by atoms with Gasteiger partial charge in [-0.2, -0.15) is 4.57 Å². The van der Waals surface area contributed by atoms with Gasteiger partial charge in [-0.15, -0.1) is 0 Å². The topological polar surface area (TPSA) is 30.2 Å². The zero-order valence-corrected chi connectivity index (χ0v) is 16.2. The highest BCUT2D eigenvalue weighted by Crippen LogP contribution is 2.36. The second-order valence-electron chi connectivity index (χ2n) is 6.52. The van der Waals surface area contributed by atoms with Gasteiger partial charge < -0.3 is 4.74 Å². The maximum absolute atomic E-state index is 12.1. The van der Waals surface area contributed by atoms with Crippen LogP contribution < -0.4 is 4.57 Å². The molecule has 0 bridgehead atoms. The van der Waals surface area contributed by atoms with Crippen LogP contribution in [0.1, 0.15) is 0 Å². The lowest BCUT2D eigenvalue weighted by atomic mass is 9.93. The lowest BCUT2D eigenvalue weighted by Gasteiger charge is -2.13. The molecule has 0 aliphatic rings. The number of methoxy groups -OCH3 is 1. The molecule has 1 aromatic heterocycles. The van der Waals surface area contributed by atoms with E-state index < -0.39 is 0 Å². The third kappa shape index (κ3) is 3.49. The first-order valence-corrected chi connectivity index (χ1v) is 9.38. The van der Waals surface area contributed by atoms with Crippen molar-refractivity contribution in [2.45, 2.75) is 6.54 Å². The summed E-state index contributed by atoms with van der Waals surface area (Å²) in [5.41, 5.74) is 4.07.